The van der Waals surface area contributed by atoms with Crippen LogP contribution in [-0.4, -0.2) is 31.6 Å². The molecule has 2 aromatic rings. The van der Waals surface area contributed by atoms with Gasteiger partial charge in [-0.2, -0.15) is 0 Å². The van der Waals surface area contributed by atoms with Crippen LogP contribution in [0.2, 0.25) is 5.02 Å². The molecule has 0 saturated carbocycles. The number of halogens is 1. The zero-order chi connectivity index (χ0) is 18.8. The number of hydrogen-bond acceptors (Lipinski definition) is 3. The molecule has 0 heterocycles. The van der Waals surface area contributed by atoms with Gasteiger partial charge in [0.15, 0.2) is 0 Å². The summed E-state index contributed by atoms with van der Waals surface area (Å²) in [6.45, 7) is 4.62. The molecule has 6 nitrogen and oxygen atoms in total. The zero-order valence-corrected chi connectivity index (χ0v) is 14.9. The zero-order valence-electron chi connectivity index (χ0n) is 14.1. The standard InChI is InChI=1S/C19H20ClN3O3/c1-2-11-21-18(24)14-3-7-16(8-4-14)23-19(25)22-12-13-26-17-9-5-15(20)6-10-17/h2-10H,1,11-13H2,(H,21,24)(H2,22,23,25). The summed E-state index contributed by atoms with van der Waals surface area (Å²) in [6.07, 6.45) is 1.61. The van der Waals surface area contributed by atoms with Crippen LogP contribution in [0.15, 0.2) is 61.2 Å². The van der Waals surface area contributed by atoms with E-state index in [1.165, 1.54) is 0 Å². The van der Waals surface area contributed by atoms with Gasteiger partial charge in [0.25, 0.3) is 5.91 Å². The molecule has 0 aliphatic rings. The van der Waals surface area contributed by atoms with Crippen molar-refractivity contribution in [1.29, 1.82) is 0 Å². The lowest BCUT2D eigenvalue weighted by atomic mass is 10.2. The molecular weight excluding hydrogens is 354 g/mol. The van der Waals surface area contributed by atoms with E-state index in [-0.39, 0.29) is 11.9 Å². The Hall–Kier alpha value is -2.99. The number of benzene rings is 2. The van der Waals surface area contributed by atoms with Crippen molar-refractivity contribution in [3.05, 3.63) is 71.8 Å². The molecule has 0 bridgehead atoms. The number of rotatable bonds is 8. The minimum absolute atomic E-state index is 0.194. The fraction of sp³-hybridized carbons (Fsp3) is 0.158. The maximum atomic E-state index is 11.8. The summed E-state index contributed by atoms with van der Waals surface area (Å²) in [7, 11) is 0. The topological polar surface area (TPSA) is 79.5 Å². The van der Waals surface area contributed by atoms with Crippen molar-refractivity contribution in [2.45, 2.75) is 0 Å². The molecule has 0 saturated heterocycles. The molecule has 7 heteroatoms. The van der Waals surface area contributed by atoms with E-state index in [2.05, 4.69) is 22.5 Å². The highest BCUT2D eigenvalue weighted by Gasteiger charge is 2.05. The summed E-state index contributed by atoms with van der Waals surface area (Å²) >= 11 is 5.79. The van der Waals surface area contributed by atoms with Crippen LogP contribution in [-0.2, 0) is 0 Å². The molecule has 2 rings (SSSR count). The second-order valence-electron chi connectivity index (χ2n) is 5.26. The van der Waals surface area contributed by atoms with Crippen LogP contribution >= 0.6 is 11.6 Å². The fourth-order valence-electron chi connectivity index (χ4n) is 2.01. The summed E-state index contributed by atoms with van der Waals surface area (Å²) in [6, 6.07) is 13.2. The maximum Gasteiger partial charge on any atom is 0.319 e. The van der Waals surface area contributed by atoms with Crippen LogP contribution in [0.5, 0.6) is 5.75 Å². The van der Waals surface area contributed by atoms with Crippen LogP contribution in [0.4, 0.5) is 10.5 Å². The Bertz CT molecular complexity index is 746. The normalized spacial score (nSPS) is 9.88. The Morgan fingerprint density at radius 1 is 1.04 bits per heavy atom. The number of anilines is 1. The number of urea groups is 1. The SMILES string of the molecule is C=CCNC(=O)c1ccc(NC(=O)NCCOc2ccc(Cl)cc2)cc1. The first-order valence-electron chi connectivity index (χ1n) is 8.01. The van der Waals surface area contributed by atoms with Crippen molar-refractivity contribution < 1.29 is 14.3 Å². The van der Waals surface area contributed by atoms with Crippen LogP contribution in [0.25, 0.3) is 0 Å². The largest absolute Gasteiger partial charge is 0.492 e. The summed E-state index contributed by atoms with van der Waals surface area (Å²) in [5.41, 5.74) is 1.09. The average Bonchev–Trinajstić information content (AvgIpc) is 2.65. The van der Waals surface area contributed by atoms with Gasteiger partial charge in [0.2, 0.25) is 0 Å². The lowest BCUT2D eigenvalue weighted by molar-refractivity contribution is 0.0958. The van der Waals surface area contributed by atoms with Gasteiger partial charge in [-0.25, -0.2) is 4.79 Å². The van der Waals surface area contributed by atoms with E-state index in [1.54, 1.807) is 54.6 Å². The Kier molecular flexibility index (Phi) is 7.51. The van der Waals surface area contributed by atoms with Crippen LogP contribution < -0.4 is 20.7 Å². The number of nitrogens with one attached hydrogen (secondary N) is 3. The van der Waals surface area contributed by atoms with E-state index >= 15 is 0 Å². The molecule has 0 atom stereocenters. The lowest BCUT2D eigenvalue weighted by Crippen LogP contribution is -2.32. The predicted octanol–water partition coefficient (Wildman–Crippen LogP) is 3.46. The third-order valence-electron chi connectivity index (χ3n) is 3.28. The minimum atomic E-state index is -0.353. The third kappa shape index (κ3) is 6.49. The summed E-state index contributed by atoms with van der Waals surface area (Å²) in [4.78, 5) is 23.6. The average molecular weight is 374 g/mol. The summed E-state index contributed by atoms with van der Waals surface area (Å²) in [5.74, 6) is 0.488. The number of amides is 3. The van der Waals surface area contributed by atoms with Gasteiger partial charge < -0.3 is 20.7 Å². The summed E-state index contributed by atoms with van der Waals surface area (Å²) < 4.78 is 5.48. The van der Waals surface area contributed by atoms with Gasteiger partial charge in [0.05, 0.1) is 6.54 Å². The predicted molar refractivity (Wildman–Crippen MR) is 103 cm³/mol. The highest BCUT2D eigenvalue weighted by molar-refractivity contribution is 6.30. The Morgan fingerprint density at radius 2 is 1.73 bits per heavy atom. The van der Waals surface area contributed by atoms with E-state index in [9.17, 15) is 9.59 Å². The number of carbonyl (C=O) groups excluding carboxylic acids is 2. The van der Waals surface area contributed by atoms with Crippen LogP contribution in [0.1, 0.15) is 10.4 Å². The van der Waals surface area contributed by atoms with Gasteiger partial charge in [-0.05, 0) is 48.5 Å². The first kappa shape index (κ1) is 19.3. The second-order valence-corrected chi connectivity index (χ2v) is 5.70. The number of hydrogen-bond donors (Lipinski definition) is 3. The Balaban J connectivity index is 1.71. The fourth-order valence-corrected chi connectivity index (χ4v) is 2.14. The third-order valence-corrected chi connectivity index (χ3v) is 3.53. The molecule has 3 N–H and O–H groups in total. The van der Waals surface area contributed by atoms with Crippen LogP contribution in [0, 0.1) is 0 Å². The molecule has 26 heavy (non-hydrogen) atoms. The molecule has 3 amide bonds. The highest BCUT2D eigenvalue weighted by atomic mass is 35.5. The van der Waals surface area contributed by atoms with Gasteiger partial charge in [-0.15, -0.1) is 6.58 Å². The van der Waals surface area contributed by atoms with Crippen molar-refractivity contribution in [2.75, 3.05) is 25.0 Å². The summed E-state index contributed by atoms with van der Waals surface area (Å²) in [5, 5.41) is 8.69. The molecule has 0 fully saturated rings. The molecular formula is C19H20ClN3O3. The molecule has 136 valence electrons. The quantitative estimate of drug-likeness (QED) is 0.489. The smallest absolute Gasteiger partial charge is 0.319 e. The molecule has 0 aliphatic carbocycles. The minimum Gasteiger partial charge on any atom is -0.492 e. The van der Waals surface area contributed by atoms with E-state index in [4.69, 9.17) is 16.3 Å². The molecule has 2 aromatic carbocycles. The highest BCUT2D eigenvalue weighted by Crippen LogP contribution is 2.15. The van der Waals surface area contributed by atoms with Crippen molar-refractivity contribution in [2.24, 2.45) is 0 Å². The first-order valence-corrected chi connectivity index (χ1v) is 8.38. The maximum absolute atomic E-state index is 11.8. The van der Waals surface area contributed by atoms with Gasteiger partial charge >= 0.3 is 6.03 Å². The second kappa shape index (κ2) is 10.1. The number of ether oxygens (including phenoxy) is 1. The lowest BCUT2D eigenvalue weighted by Gasteiger charge is -2.09. The van der Waals surface area contributed by atoms with Crippen LogP contribution in [0.3, 0.4) is 0 Å². The van der Waals surface area contributed by atoms with Crippen molar-refractivity contribution in [3.63, 3.8) is 0 Å². The monoisotopic (exact) mass is 373 g/mol. The molecule has 0 aromatic heterocycles. The van der Waals surface area contributed by atoms with Gasteiger partial charge in [-0.3, -0.25) is 4.79 Å². The van der Waals surface area contributed by atoms with Crippen molar-refractivity contribution in [3.8, 4) is 5.75 Å². The van der Waals surface area contributed by atoms with Crippen molar-refractivity contribution >= 4 is 29.2 Å². The van der Waals surface area contributed by atoms with Gasteiger partial charge in [0.1, 0.15) is 12.4 Å². The molecule has 0 spiro atoms. The van der Waals surface area contributed by atoms with Crippen molar-refractivity contribution in [1.82, 2.24) is 10.6 Å². The molecule has 0 unspecified atom stereocenters. The van der Waals surface area contributed by atoms with Gasteiger partial charge in [-0.1, -0.05) is 17.7 Å². The first-order chi connectivity index (χ1) is 12.6. The Labute approximate surface area is 157 Å². The van der Waals surface area contributed by atoms with E-state index in [1.807, 2.05) is 0 Å². The number of carbonyl (C=O) groups is 2. The van der Waals surface area contributed by atoms with E-state index < -0.39 is 0 Å². The van der Waals surface area contributed by atoms with E-state index in [0.717, 1.165) is 0 Å². The Morgan fingerprint density at radius 3 is 2.38 bits per heavy atom. The molecule has 0 radical (unpaired) electrons. The van der Waals surface area contributed by atoms with Gasteiger partial charge in [0, 0.05) is 22.8 Å². The van der Waals surface area contributed by atoms with E-state index in [0.29, 0.717) is 41.7 Å². The molecule has 0 aliphatic heterocycles.